The van der Waals surface area contributed by atoms with Crippen molar-refractivity contribution in [2.75, 3.05) is 19.1 Å². The number of aryl methyl sites for hydroxylation is 1. The number of amides is 1. The van der Waals surface area contributed by atoms with Crippen LogP contribution in [0.25, 0.3) is 10.2 Å². The van der Waals surface area contributed by atoms with Crippen molar-refractivity contribution in [2.45, 2.75) is 13.0 Å². The minimum absolute atomic E-state index is 0.103. The molecule has 0 aliphatic heterocycles. The van der Waals surface area contributed by atoms with Crippen LogP contribution in [0.15, 0.2) is 40.7 Å². The Kier molecular flexibility index (Phi) is 5.76. The lowest BCUT2D eigenvalue weighted by molar-refractivity contribution is -0.117. The number of thiazole rings is 1. The van der Waals surface area contributed by atoms with Crippen LogP contribution >= 0.6 is 34.4 Å². The zero-order chi connectivity index (χ0) is 16.9. The summed E-state index contributed by atoms with van der Waals surface area (Å²) in [6.07, 6.45) is 2.44. The number of methoxy groups -OCH3 is 1. The Bertz CT molecular complexity index is 894. The third-order valence-electron chi connectivity index (χ3n) is 3.53. The molecule has 3 rings (SSSR count). The number of rotatable bonds is 6. The Morgan fingerprint density at radius 2 is 2.25 bits per heavy atom. The van der Waals surface area contributed by atoms with Gasteiger partial charge in [-0.25, -0.2) is 0 Å². The number of fused-ring (bicyclic) bond motifs is 1. The minimum Gasteiger partial charge on any atom is -0.497 e. The lowest BCUT2D eigenvalue weighted by Crippen LogP contribution is -2.18. The summed E-state index contributed by atoms with van der Waals surface area (Å²) in [6.45, 7) is 0.832. The van der Waals surface area contributed by atoms with Crippen molar-refractivity contribution in [1.82, 2.24) is 4.57 Å². The van der Waals surface area contributed by atoms with Crippen LogP contribution in [0, 0.1) is 0 Å². The smallest absolute Gasteiger partial charge is 0.253 e. The molecule has 1 aromatic carbocycles. The number of benzene rings is 1. The average Bonchev–Trinajstić information content (AvgIpc) is 3.19. The van der Waals surface area contributed by atoms with Crippen molar-refractivity contribution >= 4 is 50.6 Å². The highest BCUT2D eigenvalue weighted by atomic mass is 32.2. The lowest BCUT2D eigenvalue weighted by atomic mass is 10.3. The van der Waals surface area contributed by atoms with E-state index in [-0.39, 0.29) is 5.91 Å². The van der Waals surface area contributed by atoms with Gasteiger partial charge in [0, 0.05) is 17.2 Å². The largest absolute Gasteiger partial charge is 0.497 e. The van der Waals surface area contributed by atoms with Crippen LogP contribution in [0.2, 0.25) is 0 Å². The van der Waals surface area contributed by atoms with E-state index in [1.807, 2.05) is 35.7 Å². The topological polar surface area (TPSA) is 43.6 Å². The maximum Gasteiger partial charge on any atom is 0.253 e. The van der Waals surface area contributed by atoms with Crippen LogP contribution in [0.3, 0.4) is 0 Å². The van der Waals surface area contributed by atoms with Gasteiger partial charge in [-0.2, -0.15) is 16.8 Å². The van der Waals surface area contributed by atoms with E-state index in [1.165, 1.54) is 11.3 Å². The highest BCUT2D eigenvalue weighted by Gasteiger charge is 2.09. The summed E-state index contributed by atoms with van der Waals surface area (Å²) in [7, 11) is 1.66. The van der Waals surface area contributed by atoms with Crippen molar-refractivity contribution in [1.29, 1.82) is 0 Å². The van der Waals surface area contributed by atoms with Crippen LogP contribution in [0.4, 0.5) is 0 Å². The number of aromatic nitrogens is 1. The van der Waals surface area contributed by atoms with E-state index in [0.29, 0.717) is 6.42 Å². The van der Waals surface area contributed by atoms with Gasteiger partial charge in [-0.05, 0) is 35.9 Å². The van der Waals surface area contributed by atoms with Gasteiger partial charge in [0.25, 0.3) is 5.91 Å². The van der Waals surface area contributed by atoms with Gasteiger partial charge in [0.2, 0.25) is 0 Å². The molecule has 2 heterocycles. The summed E-state index contributed by atoms with van der Waals surface area (Å²) in [5, 5.41) is 1.98. The molecule has 4 nitrogen and oxygen atoms in total. The molecule has 126 valence electrons. The summed E-state index contributed by atoms with van der Waals surface area (Å²) >= 11 is 4.90. The van der Waals surface area contributed by atoms with Gasteiger partial charge >= 0.3 is 0 Å². The lowest BCUT2D eigenvalue weighted by Gasteiger charge is -2.04. The van der Waals surface area contributed by atoms with Crippen LogP contribution in [0.1, 0.15) is 4.88 Å². The summed E-state index contributed by atoms with van der Waals surface area (Å²) in [4.78, 5) is 18.5. The molecule has 0 N–H and O–H groups in total. The molecule has 0 saturated carbocycles. The van der Waals surface area contributed by atoms with Crippen molar-refractivity contribution < 1.29 is 9.53 Å². The molecule has 0 aliphatic rings. The first kappa shape index (κ1) is 17.3. The molecule has 0 fully saturated rings. The highest BCUT2D eigenvalue weighted by molar-refractivity contribution is 7.98. The van der Waals surface area contributed by atoms with E-state index in [4.69, 9.17) is 4.74 Å². The Balaban J connectivity index is 2.00. The maximum absolute atomic E-state index is 12.3. The minimum atomic E-state index is -0.103. The average molecular weight is 379 g/mol. The van der Waals surface area contributed by atoms with Crippen molar-refractivity contribution in [3.05, 3.63) is 45.4 Å². The molecule has 7 heteroatoms. The number of thioether (sulfide) groups is 1. The Hall–Kier alpha value is -1.57. The molecule has 2 aromatic heterocycles. The second-order valence-corrected chi connectivity index (χ2v) is 8.15. The fourth-order valence-electron chi connectivity index (χ4n) is 2.37. The molecule has 3 aromatic rings. The van der Waals surface area contributed by atoms with Gasteiger partial charge in [-0.1, -0.05) is 17.4 Å². The third kappa shape index (κ3) is 3.91. The van der Waals surface area contributed by atoms with E-state index in [0.717, 1.165) is 37.9 Å². The molecular formula is C17H18N2O2S3. The van der Waals surface area contributed by atoms with Crippen LogP contribution < -0.4 is 9.54 Å². The van der Waals surface area contributed by atoms with E-state index >= 15 is 0 Å². The summed E-state index contributed by atoms with van der Waals surface area (Å²) in [5.74, 6) is 1.69. The molecular weight excluding hydrogens is 360 g/mol. The Morgan fingerprint density at radius 1 is 1.38 bits per heavy atom. The quantitative estimate of drug-likeness (QED) is 0.655. The first-order chi connectivity index (χ1) is 11.7. The van der Waals surface area contributed by atoms with Crippen molar-refractivity contribution in [3.63, 3.8) is 0 Å². The van der Waals surface area contributed by atoms with E-state index in [2.05, 4.69) is 15.8 Å². The maximum atomic E-state index is 12.3. The Morgan fingerprint density at radius 3 is 2.96 bits per heavy atom. The fourth-order valence-corrected chi connectivity index (χ4v) is 4.54. The molecule has 0 saturated heterocycles. The molecule has 1 amide bonds. The standard InChI is InChI=1S/C17H18N2O2S3/c1-21-12-5-6-14-15(10-12)24-17(19(14)7-9-22-2)18-16(20)11-13-4-3-8-23-13/h3-6,8,10H,7,9,11H2,1-2H3. The SMILES string of the molecule is COc1ccc2c(c1)sc(=NC(=O)Cc1cccs1)n2CCSC. The number of thiophene rings is 1. The summed E-state index contributed by atoms with van der Waals surface area (Å²) in [5.41, 5.74) is 1.09. The normalized spacial score (nSPS) is 12.0. The van der Waals surface area contributed by atoms with Crippen molar-refractivity contribution in [3.8, 4) is 5.75 Å². The van der Waals surface area contributed by atoms with Crippen molar-refractivity contribution in [2.24, 2.45) is 4.99 Å². The predicted molar refractivity (Wildman–Crippen MR) is 103 cm³/mol. The number of ether oxygens (including phenoxy) is 1. The molecule has 0 bridgehead atoms. The third-order valence-corrected chi connectivity index (χ3v) is 6.04. The van der Waals surface area contributed by atoms with Gasteiger partial charge < -0.3 is 9.30 Å². The second kappa shape index (κ2) is 8.00. The number of hydrogen-bond acceptors (Lipinski definition) is 5. The number of carbonyl (C=O) groups is 1. The van der Waals surface area contributed by atoms with Gasteiger partial charge in [0.15, 0.2) is 4.80 Å². The van der Waals surface area contributed by atoms with Gasteiger partial charge in [-0.3, -0.25) is 4.79 Å². The molecule has 0 atom stereocenters. The van der Waals surface area contributed by atoms with Gasteiger partial charge in [-0.15, -0.1) is 11.3 Å². The van der Waals surface area contributed by atoms with Crippen LogP contribution in [-0.2, 0) is 17.8 Å². The number of hydrogen-bond donors (Lipinski definition) is 0. The zero-order valence-electron chi connectivity index (χ0n) is 13.5. The zero-order valence-corrected chi connectivity index (χ0v) is 16.0. The molecule has 0 aliphatic carbocycles. The van der Waals surface area contributed by atoms with Gasteiger partial charge in [0.1, 0.15) is 5.75 Å². The van der Waals surface area contributed by atoms with Crippen LogP contribution in [0.5, 0.6) is 5.75 Å². The van der Waals surface area contributed by atoms with E-state index < -0.39 is 0 Å². The first-order valence-electron chi connectivity index (χ1n) is 7.47. The van der Waals surface area contributed by atoms with Crippen LogP contribution in [-0.4, -0.2) is 29.6 Å². The summed E-state index contributed by atoms with van der Waals surface area (Å²) < 4.78 is 8.51. The van der Waals surface area contributed by atoms with E-state index in [9.17, 15) is 4.79 Å². The Labute approximate surface area is 152 Å². The van der Waals surface area contributed by atoms with E-state index in [1.54, 1.807) is 30.2 Å². The molecule has 0 radical (unpaired) electrons. The van der Waals surface area contributed by atoms with Gasteiger partial charge in [0.05, 0.1) is 23.7 Å². The second-order valence-electron chi connectivity index (χ2n) is 5.12. The highest BCUT2D eigenvalue weighted by Crippen LogP contribution is 2.23. The molecule has 0 spiro atoms. The summed E-state index contributed by atoms with van der Waals surface area (Å²) in [6, 6.07) is 9.90. The fraction of sp³-hybridized carbons (Fsp3) is 0.294. The molecule has 0 unspecified atom stereocenters. The number of nitrogens with zero attached hydrogens (tertiary/aromatic N) is 2. The predicted octanol–water partition coefficient (Wildman–Crippen LogP) is 3.81. The number of carbonyl (C=O) groups excluding carboxylic acids is 1. The first-order valence-corrected chi connectivity index (χ1v) is 10.6. The molecule has 24 heavy (non-hydrogen) atoms. The monoisotopic (exact) mass is 378 g/mol.